The quantitative estimate of drug-likeness (QED) is 0.506. The Labute approximate surface area is 187 Å². The Balaban J connectivity index is 1.64. The molecule has 1 fully saturated rings. The molecule has 1 aliphatic carbocycles. The maximum absolute atomic E-state index is 12.7. The topological polar surface area (TPSA) is 75.1 Å². The summed E-state index contributed by atoms with van der Waals surface area (Å²) in [7, 11) is 0. The lowest BCUT2D eigenvalue weighted by Gasteiger charge is -2.29. The Hall–Kier alpha value is -2.31. The van der Waals surface area contributed by atoms with Crippen LogP contribution in [0.4, 0.5) is 5.69 Å². The van der Waals surface area contributed by atoms with Crippen molar-refractivity contribution in [2.45, 2.75) is 64.9 Å². The number of carbonyl (C=O) groups is 1. The second-order valence-corrected chi connectivity index (χ2v) is 10.6. The van der Waals surface area contributed by atoms with Crippen LogP contribution in [-0.2, 0) is 5.60 Å². The van der Waals surface area contributed by atoms with Crippen molar-refractivity contribution in [3.8, 4) is 0 Å². The van der Waals surface area contributed by atoms with Gasteiger partial charge in [-0.05, 0) is 75.6 Å². The molecule has 0 radical (unpaired) electrons. The smallest absolute Gasteiger partial charge is 0.274 e. The van der Waals surface area contributed by atoms with Crippen molar-refractivity contribution >= 4 is 33.1 Å². The first-order chi connectivity index (χ1) is 14.7. The van der Waals surface area contributed by atoms with Crippen LogP contribution in [0.1, 0.15) is 80.4 Å². The number of anilines is 1. The van der Waals surface area contributed by atoms with Gasteiger partial charge in [-0.1, -0.05) is 19.9 Å². The van der Waals surface area contributed by atoms with Crippen LogP contribution in [0.15, 0.2) is 36.5 Å². The number of nitrogens with one attached hydrogen (secondary N) is 1. The largest absolute Gasteiger partial charge is 0.386 e. The van der Waals surface area contributed by atoms with E-state index in [0.717, 1.165) is 22.1 Å². The van der Waals surface area contributed by atoms with Gasteiger partial charge in [0.2, 0.25) is 0 Å². The molecular formula is C25H31N3O2S. The van der Waals surface area contributed by atoms with Gasteiger partial charge in [0.1, 0.15) is 5.69 Å². The van der Waals surface area contributed by atoms with Crippen molar-refractivity contribution < 1.29 is 9.90 Å². The van der Waals surface area contributed by atoms with E-state index in [0.29, 0.717) is 22.9 Å². The number of thiazole rings is 1. The first kappa shape index (κ1) is 21.9. The second-order valence-electron chi connectivity index (χ2n) is 9.50. The van der Waals surface area contributed by atoms with Crippen LogP contribution < -0.4 is 5.32 Å². The molecule has 2 aromatic heterocycles. The number of hydrogen-bond acceptors (Lipinski definition) is 5. The van der Waals surface area contributed by atoms with Gasteiger partial charge in [-0.25, -0.2) is 4.98 Å². The molecule has 1 amide bonds. The maximum Gasteiger partial charge on any atom is 0.274 e. The van der Waals surface area contributed by atoms with Crippen molar-refractivity contribution in [1.29, 1.82) is 0 Å². The fourth-order valence-corrected chi connectivity index (χ4v) is 5.65. The van der Waals surface area contributed by atoms with Gasteiger partial charge in [0, 0.05) is 23.4 Å². The maximum atomic E-state index is 12.7. The van der Waals surface area contributed by atoms with Crippen molar-refractivity contribution in [3.63, 3.8) is 0 Å². The normalized spacial score (nSPS) is 19.7. The van der Waals surface area contributed by atoms with E-state index in [1.54, 1.807) is 49.6 Å². The van der Waals surface area contributed by atoms with Gasteiger partial charge in [-0.15, -0.1) is 11.3 Å². The van der Waals surface area contributed by atoms with Crippen molar-refractivity contribution in [1.82, 2.24) is 9.97 Å². The van der Waals surface area contributed by atoms with Gasteiger partial charge in [-0.2, -0.15) is 0 Å². The molecule has 0 aliphatic heterocycles. The molecule has 1 aromatic carbocycles. The molecule has 5 nitrogen and oxygen atoms in total. The molecule has 0 saturated heterocycles. The molecule has 31 heavy (non-hydrogen) atoms. The predicted molar refractivity (Wildman–Crippen MR) is 127 cm³/mol. The first-order valence-corrected chi connectivity index (χ1v) is 11.9. The minimum absolute atomic E-state index is 0.290. The minimum atomic E-state index is -1.11. The molecule has 0 unspecified atom stereocenters. The molecule has 0 bridgehead atoms. The van der Waals surface area contributed by atoms with Gasteiger partial charge >= 0.3 is 0 Å². The monoisotopic (exact) mass is 437 g/mol. The van der Waals surface area contributed by atoms with E-state index >= 15 is 0 Å². The number of benzene rings is 1. The third-order valence-corrected chi connectivity index (χ3v) is 7.59. The highest BCUT2D eigenvalue weighted by atomic mass is 32.1. The summed E-state index contributed by atoms with van der Waals surface area (Å²) in [5.41, 5.74) is 1.38. The minimum Gasteiger partial charge on any atom is -0.386 e. The van der Waals surface area contributed by atoms with Crippen LogP contribution in [-0.4, -0.2) is 21.0 Å². The van der Waals surface area contributed by atoms with E-state index in [-0.39, 0.29) is 5.91 Å². The van der Waals surface area contributed by atoms with E-state index in [2.05, 4.69) is 24.1 Å². The number of fused-ring (bicyclic) bond motifs is 1. The summed E-state index contributed by atoms with van der Waals surface area (Å²) in [4.78, 5) is 21.8. The second kappa shape index (κ2) is 8.67. The molecule has 4 rings (SSSR count). The lowest BCUT2D eigenvalue weighted by molar-refractivity contribution is 0.0794. The number of aromatic nitrogens is 2. The summed E-state index contributed by atoms with van der Waals surface area (Å²) in [6.07, 6.45) is 6.49. The predicted octanol–water partition coefficient (Wildman–Crippen LogP) is 6.10. The van der Waals surface area contributed by atoms with E-state index in [1.807, 2.05) is 12.1 Å². The fourth-order valence-electron chi connectivity index (χ4n) is 4.49. The highest BCUT2D eigenvalue weighted by molar-refractivity contribution is 7.18. The van der Waals surface area contributed by atoms with Crippen molar-refractivity contribution in [3.05, 3.63) is 52.8 Å². The van der Waals surface area contributed by atoms with E-state index < -0.39 is 5.60 Å². The fraction of sp³-hybridized carbons (Fsp3) is 0.480. The SMILES string of the molecule is CC(C)C1CCC(c2nc3cc(C(C)(C)O)c(NC(=O)c4ccccn4)cc3s2)CC1. The number of aliphatic hydroxyl groups is 1. The molecule has 164 valence electrons. The zero-order chi connectivity index (χ0) is 22.2. The molecule has 2 N–H and O–H groups in total. The first-order valence-electron chi connectivity index (χ1n) is 11.1. The summed E-state index contributed by atoms with van der Waals surface area (Å²) in [6.45, 7) is 8.10. The third-order valence-electron chi connectivity index (χ3n) is 6.41. The number of carbonyl (C=O) groups excluding carboxylic acids is 1. The summed E-state index contributed by atoms with van der Waals surface area (Å²) in [5, 5.41) is 14.9. The van der Waals surface area contributed by atoms with E-state index in [1.165, 1.54) is 30.7 Å². The van der Waals surface area contributed by atoms with Crippen LogP contribution in [0.3, 0.4) is 0 Å². The molecule has 2 heterocycles. The summed E-state index contributed by atoms with van der Waals surface area (Å²) >= 11 is 1.71. The number of hydrogen-bond donors (Lipinski definition) is 2. The average Bonchev–Trinajstić information content (AvgIpc) is 3.16. The molecule has 1 saturated carbocycles. The molecule has 0 atom stereocenters. The van der Waals surface area contributed by atoms with Gasteiger partial charge in [0.25, 0.3) is 5.91 Å². The summed E-state index contributed by atoms with van der Waals surface area (Å²) in [5.74, 6) is 1.78. The molecule has 0 spiro atoms. The van der Waals surface area contributed by atoms with E-state index in [4.69, 9.17) is 4.98 Å². The zero-order valence-electron chi connectivity index (χ0n) is 18.7. The van der Waals surface area contributed by atoms with Crippen LogP contribution >= 0.6 is 11.3 Å². The summed E-state index contributed by atoms with van der Waals surface area (Å²) < 4.78 is 1.03. The van der Waals surface area contributed by atoms with Gasteiger partial charge in [0.15, 0.2) is 0 Å². The highest BCUT2D eigenvalue weighted by Crippen LogP contribution is 2.42. The van der Waals surface area contributed by atoms with Crippen LogP contribution in [0.2, 0.25) is 0 Å². The van der Waals surface area contributed by atoms with Crippen molar-refractivity contribution in [2.75, 3.05) is 5.32 Å². The highest BCUT2D eigenvalue weighted by Gasteiger charge is 2.28. The molecule has 1 aliphatic rings. The number of amides is 1. The Morgan fingerprint density at radius 3 is 2.55 bits per heavy atom. The number of pyridine rings is 1. The lowest BCUT2D eigenvalue weighted by atomic mass is 9.77. The Bertz CT molecular complexity index is 1060. The summed E-state index contributed by atoms with van der Waals surface area (Å²) in [6, 6.07) is 9.10. The van der Waals surface area contributed by atoms with Gasteiger partial charge in [0.05, 0.1) is 20.8 Å². The average molecular weight is 438 g/mol. The van der Waals surface area contributed by atoms with Crippen molar-refractivity contribution in [2.24, 2.45) is 11.8 Å². The number of nitrogens with zero attached hydrogens (tertiary/aromatic N) is 2. The molecule has 6 heteroatoms. The number of rotatable bonds is 5. The Kier molecular flexibility index (Phi) is 6.13. The standard InChI is InChI=1S/C25H31N3O2S/c1-15(2)16-8-10-17(11-9-16)24-28-21-13-18(25(3,4)30)20(14-22(21)31-24)27-23(29)19-7-5-6-12-26-19/h5-7,12-17,30H,8-11H2,1-4H3,(H,27,29). The van der Waals surface area contributed by atoms with Gasteiger partial charge in [-0.3, -0.25) is 9.78 Å². The lowest BCUT2D eigenvalue weighted by Crippen LogP contribution is -2.21. The van der Waals surface area contributed by atoms with Crippen LogP contribution in [0.25, 0.3) is 10.2 Å². The van der Waals surface area contributed by atoms with Crippen LogP contribution in [0.5, 0.6) is 0 Å². The Morgan fingerprint density at radius 2 is 1.94 bits per heavy atom. The van der Waals surface area contributed by atoms with Gasteiger partial charge < -0.3 is 10.4 Å². The third kappa shape index (κ3) is 4.80. The van der Waals surface area contributed by atoms with E-state index in [9.17, 15) is 9.90 Å². The zero-order valence-corrected chi connectivity index (χ0v) is 19.5. The molecule has 3 aromatic rings. The Morgan fingerprint density at radius 1 is 1.19 bits per heavy atom. The van der Waals surface area contributed by atoms with Crippen LogP contribution in [0, 0.1) is 11.8 Å². The molecular weight excluding hydrogens is 406 g/mol.